The number of Topliss-reactive ketones (excluding diaryl/α,β-unsaturated/α-hetero) is 1. The van der Waals surface area contributed by atoms with Crippen molar-refractivity contribution in [2.45, 2.75) is 19.3 Å². The lowest BCUT2D eigenvalue weighted by atomic mass is 10.2. The topological polar surface area (TPSA) is 57.1 Å². The Morgan fingerprint density at radius 1 is 1.36 bits per heavy atom. The van der Waals surface area contributed by atoms with Gasteiger partial charge in [0, 0.05) is 13.1 Å². The van der Waals surface area contributed by atoms with Crippen LogP contribution in [0.3, 0.4) is 0 Å². The van der Waals surface area contributed by atoms with Crippen molar-refractivity contribution >= 4 is 18.0 Å². The molecule has 2 heterocycles. The second-order valence-electron chi connectivity index (χ2n) is 3.40. The number of aliphatic imine (C=N–C) groups is 2. The van der Waals surface area contributed by atoms with Gasteiger partial charge in [-0.1, -0.05) is 6.42 Å². The standard InChI is InChI=1S/C9H13N4O/c14-8-6-10-7-11-9(8)13-5-3-1-2-4-12-13/h12H,1-6H2. The predicted molar refractivity (Wildman–Crippen MR) is 53.3 cm³/mol. The maximum absolute atomic E-state index is 11.5. The fraction of sp³-hybridized carbons (Fsp3) is 0.667. The monoisotopic (exact) mass is 193 g/mol. The molecule has 14 heavy (non-hydrogen) atoms. The summed E-state index contributed by atoms with van der Waals surface area (Å²) in [6.45, 7) is 1.92. The summed E-state index contributed by atoms with van der Waals surface area (Å²) in [6.07, 6.45) is 5.93. The molecule has 2 aliphatic rings. The zero-order valence-corrected chi connectivity index (χ0v) is 7.99. The molecule has 0 aromatic heterocycles. The molecule has 0 aliphatic carbocycles. The van der Waals surface area contributed by atoms with Crippen LogP contribution in [0, 0.1) is 0 Å². The molecule has 0 saturated carbocycles. The average Bonchev–Trinajstić information content (AvgIpc) is 2.47. The van der Waals surface area contributed by atoms with Gasteiger partial charge in [-0.05, 0) is 12.8 Å². The summed E-state index contributed by atoms with van der Waals surface area (Å²) < 4.78 is 0. The molecule has 1 saturated heterocycles. The van der Waals surface area contributed by atoms with Crippen LogP contribution in [0.4, 0.5) is 0 Å². The van der Waals surface area contributed by atoms with Crippen LogP contribution in [0.2, 0.25) is 0 Å². The van der Waals surface area contributed by atoms with Gasteiger partial charge < -0.3 is 0 Å². The fourth-order valence-electron chi connectivity index (χ4n) is 1.58. The Balaban J connectivity index is 2.07. The van der Waals surface area contributed by atoms with Gasteiger partial charge in [0.2, 0.25) is 5.78 Å². The smallest absolute Gasteiger partial charge is 0.220 e. The Bertz CT molecular complexity index is 277. The van der Waals surface area contributed by atoms with Crippen LogP contribution in [0.1, 0.15) is 19.3 Å². The Kier molecular flexibility index (Phi) is 2.88. The van der Waals surface area contributed by atoms with Gasteiger partial charge in [0.15, 0.2) is 12.2 Å². The molecular formula is C9H13N4O. The summed E-state index contributed by atoms with van der Waals surface area (Å²) in [7, 11) is 0. The molecule has 0 bridgehead atoms. The Hall–Kier alpha value is -1.23. The van der Waals surface area contributed by atoms with Crippen LogP contribution >= 0.6 is 0 Å². The first kappa shape index (κ1) is 9.33. The van der Waals surface area contributed by atoms with Crippen molar-refractivity contribution in [3.8, 4) is 0 Å². The minimum Gasteiger partial charge on any atom is -0.289 e. The van der Waals surface area contributed by atoms with E-state index >= 15 is 0 Å². The lowest BCUT2D eigenvalue weighted by Crippen LogP contribution is -2.47. The molecule has 1 N–H and O–H groups in total. The zero-order chi connectivity index (χ0) is 9.80. The molecule has 75 valence electrons. The van der Waals surface area contributed by atoms with E-state index in [1.165, 1.54) is 6.42 Å². The quantitative estimate of drug-likeness (QED) is 0.582. The molecule has 1 radical (unpaired) electrons. The van der Waals surface area contributed by atoms with Crippen LogP contribution in [0.15, 0.2) is 9.98 Å². The van der Waals surface area contributed by atoms with E-state index < -0.39 is 0 Å². The van der Waals surface area contributed by atoms with E-state index in [2.05, 4.69) is 21.7 Å². The van der Waals surface area contributed by atoms with Crippen LogP contribution in [-0.4, -0.2) is 42.6 Å². The van der Waals surface area contributed by atoms with Gasteiger partial charge in [-0.2, -0.15) is 0 Å². The average molecular weight is 193 g/mol. The maximum Gasteiger partial charge on any atom is 0.220 e. The largest absolute Gasteiger partial charge is 0.289 e. The highest BCUT2D eigenvalue weighted by atomic mass is 16.1. The number of ketones is 1. The van der Waals surface area contributed by atoms with Crippen molar-refractivity contribution in [3.05, 3.63) is 0 Å². The lowest BCUT2D eigenvalue weighted by Gasteiger charge is -2.23. The van der Waals surface area contributed by atoms with E-state index in [1.54, 1.807) is 0 Å². The van der Waals surface area contributed by atoms with E-state index in [0.29, 0.717) is 5.84 Å². The molecule has 5 heteroatoms. The third-order valence-electron chi connectivity index (χ3n) is 2.32. The summed E-state index contributed by atoms with van der Waals surface area (Å²) in [5.41, 5.74) is 3.18. The van der Waals surface area contributed by atoms with Gasteiger partial charge in [-0.25, -0.2) is 10.4 Å². The normalized spacial score (nSPS) is 23.3. The Morgan fingerprint density at radius 2 is 2.29 bits per heavy atom. The van der Waals surface area contributed by atoms with E-state index in [-0.39, 0.29) is 12.3 Å². The number of nitrogens with zero attached hydrogens (tertiary/aromatic N) is 3. The molecule has 2 rings (SSSR count). The minimum atomic E-state index is -0.0295. The maximum atomic E-state index is 11.5. The number of carbonyl (C=O) groups is 1. The van der Waals surface area contributed by atoms with Crippen molar-refractivity contribution in [2.75, 3.05) is 19.6 Å². The van der Waals surface area contributed by atoms with Gasteiger partial charge in [-0.3, -0.25) is 14.8 Å². The minimum absolute atomic E-state index is 0.0295. The molecule has 0 aromatic rings. The Morgan fingerprint density at radius 3 is 3.14 bits per heavy atom. The highest BCUT2D eigenvalue weighted by Gasteiger charge is 2.21. The first-order chi connectivity index (χ1) is 6.88. The first-order valence-electron chi connectivity index (χ1n) is 4.91. The van der Waals surface area contributed by atoms with Crippen molar-refractivity contribution < 1.29 is 4.79 Å². The second-order valence-corrected chi connectivity index (χ2v) is 3.40. The third-order valence-corrected chi connectivity index (χ3v) is 2.32. The highest BCUT2D eigenvalue weighted by molar-refractivity contribution is 6.41. The number of carbonyl (C=O) groups excluding carboxylic acids is 1. The fourth-order valence-corrected chi connectivity index (χ4v) is 1.58. The van der Waals surface area contributed by atoms with Crippen molar-refractivity contribution in [3.63, 3.8) is 0 Å². The van der Waals surface area contributed by atoms with Gasteiger partial charge in [0.1, 0.15) is 6.54 Å². The summed E-state index contributed by atoms with van der Waals surface area (Å²) in [5.74, 6) is 0.431. The molecule has 0 aromatic carbocycles. The van der Waals surface area contributed by atoms with Crippen molar-refractivity contribution in [1.82, 2.24) is 10.4 Å². The summed E-state index contributed by atoms with van der Waals surface area (Å²) in [4.78, 5) is 19.0. The summed E-state index contributed by atoms with van der Waals surface area (Å²) >= 11 is 0. The lowest BCUT2D eigenvalue weighted by molar-refractivity contribution is -0.112. The predicted octanol–water partition coefficient (Wildman–Crippen LogP) is -0.137. The van der Waals surface area contributed by atoms with E-state index in [1.807, 2.05) is 5.01 Å². The first-order valence-corrected chi connectivity index (χ1v) is 4.91. The van der Waals surface area contributed by atoms with Gasteiger partial charge in [-0.15, -0.1) is 0 Å². The number of rotatable bonds is 0. The SMILES string of the molecule is O=C1CN=[C]N=C1N1CCCCCN1. The third kappa shape index (κ3) is 1.98. The van der Waals surface area contributed by atoms with E-state index in [9.17, 15) is 4.79 Å². The molecule has 0 spiro atoms. The number of hydrogen-bond donors (Lipinski definition) is 1. The molecular weight excluding hydrogens is 180 g/mol. The van der Waals surface area contributed by atoms with Crippen LogP contribution in [0.25, 0.3) is 0 Å². The van der Waals surface area contributed by atoms with Gasteiger partial charge >= 0.3 is 0 Å². The molecule has 1 fully saturated rings. The van der Waals surface area contributed by atoms with Crippen LogP contribution < -0.4 is 5.43 Å². The van der Waals surface area contributed by atoms with Crippen LogP contribution in [0.5, 0.6) is 0 Å². The van der Waals surface area contributed by atoms with Crippen LogP contribution in [-0.2, 0) is 4.79 Å². The number of amidine groups is 1. The Labute approximate surface area is 82.9 Å². The highest BCUT2D eigenvalue weighted by Crippen LogP contribution is 2.04. The number of hydrazine groups is 1. The van der Waals surface area contributed by atoms with Gasteiger partial charge in [0.05, 0.1) is 0 Å². The molecule has 0 amide bonds. The summed E-state index contributed by atoms with van der Waals surface area (Å²) in [6, 6.07) is 0. The summed E-state index contributed by atoms with van der Waals surface area (Å²) in [5, 5.41) is 1.83. The molecule has 5 nitrogen and oxygen atoms in total. The molecule has 0 unspecified atom stereocenters. The van der Waals surface area contributed by atoms with Gasteiger partial charge in [0.25, 0.3) is 0 Å². The number of nitrogens with one attached hydrogen (secondary N) is 1. The second kappa shape index (κ2) is 4.32. The molecule has 0 atom stereocenters. The zero-order valence-electron chi connectivity index (χ0n) is 7.99. The number of hydrogen-bond acceptors (Lipinski definition) is 5. The van der Waals surface area contributed by atoms with Crippen molar-refractivity contribution in [1.29, 1.82) is 0 Å². The van der Waals surface area contributed by atoms with Crippen molar-refractivity contribution in [2.24, 2.45) is 9.98 Å². The van der Waals surface area contributed by atoms with E-state index in [4.69, 9.17) is 0 Å². The molecule has 2 aliphatic heterocycles. The van der Waals surface area contributed by atoms with E-state index in [0.717, 1.165) is 25.9 Å².